The largest absolute Gasteiger partial charge is 0.482 e. The van der Waals surface area contributed by atoms with Crippen LogP contribution in [0.25, 0.3) is 0 Å². The van der Waals surface area contributed by atoms with Crippen LogP contribution in [-0.4, -0.2) is 35.0 Å². The van der Waals surface area contributed by atoms with E-state index in [0.29, 0.717) is 24.2 Å². The Morgan fingerprint density at radius 3 is 2.78 bits per heavy atom. The smallest absolute Gasteiger partial charge is 0.341 e. The van der Waals surface area contributed by atoms with Crippen LogP contribution in [-0.2, 0) is 16.1 Å². The van der Waals surface area contributed by atoms with Crippen LogP contribution in [0, 0.1) is 5.92 Å². The van der Waals surface area contributed by atoms with Gasteiger partial charge < -0.3 is 14.7 Å². The fourth-order valence-corrected chi connectivity index (χ4v) is 5.04. The molecular formula is C26H32N2O4. The molecule has 1 aromatic carbocycles. The molecule has 0 radical (unpaired) electrons. The van der Waals surface area contributed by atoms with E-state index < -0.39 is 5.97 Å². The molecule has 6 nitrogen and oxygen atoms in total. The third-order valence-electron chi connectivity index (χ3n) is 6.62. The molecule has 1 unspecified atom stereocenters. The van der Waals surface area contributed by atoms with Crippen molar-refractivity contribution in [3.8, 4) is 5.75 Å². The molecule has 1 atom stereocenters. The number of fused-ring (bicyclic) bond motifs is 1. The Balaban J connectivity index is 1.38. The normalized spacial score (nSPS) is 18.9. The summed E-state index contributed by atoms with van der Waals surface area (Å²) < 4.78 is 5.52. The van der Waals surface area contributed by atoms with Crippen molar-refractivity contribution in [1.82, 2.24) is 4.98 Å². The van der Waals surface area contributed by atoms with Crippen LogP contribution in [0.3, 0.4) is 0 Å². The number of oxime groups is 1. The van der Waals surface area contributed by atoms with Crippen LogP contribution < -0.4 is 4.74 Å². The maximum Gasteiger partial charge on any atom is 0.341 e. The summed E-state index contributed by atoms with van der Waals surface area (Å²) in [5.41, 5.74) is 4.44. The third kappa shape index (κ3) is 5.87. The minimum atomic E-state index is -0.955. The summed E-state index contributed by atoms with van der Waals surface area (Å²) in [4.78, 5) is 21.0. The van der Waals surface area contributed by atoms with Crippen molar-refractivity contribution in [2.24, 2.45) is 11.1 Å². The van der Waals surface area contributed by atoms with Crippen molar-refractivity contribution in [3.05, 3.63) is 59.4 Å². The van der Waals surface area contributed by atoms with Crippen molar-refractivity contribution >= 4 is 11.7 Å². The molecule has 1 saturated carbocycles. The number of carbonyl (C=O) groups is 1. The van der Waals surface area contributed by atoms with Gasteiger partial charge in [0.1, 0.15) is 12.4 Å². The van der Waals surface area contributed by atoms with Gasteiger partial charge in [-0.3, -0.25) is 4.98 Å². The number of nitrogens with zero attached hydrogens (tertiary/aromatic N) is 2. The summed E-state index contributed by atoms with van der Waals surface area (Å²) >= 11 is 0. The molecule has 2 aliphatic rings. The van der Waals surface area contributed by atoms with Gasteiger partial charge in [-0.25, -0.2) is 4.79 Å². The van der Waals surface area contributed by atoms with Crippen LogP contribution in [0.5, 0.6) is 5.75 Å². The van der Waals surface area contributed by atoms with Gasteiger partial charge in [-0.05, 0) is 73.3 Å². The van der Waals surface area contributed by atoms with Gasteiger partial charge in [0.2, 0.25) is 0 Å². The molecule has 0 aliphatic heterocycles. The highest BCUT2D eigenvalue weighted by Crippen LogP contribution is 2.38. The lowest BCUT2D eigenvalue weighted by Crippen LogP contribution is -2.15. The first kappa shape index (κ1) is 22.3. The third-order valence-corrected chi connectivity index (χ3v) is 6.62. The Hall–Kier alpha value is -2.89. The number of carboxylic acid groups (broad SMARTS) is 1. The Labute approximate surface area is 189 Å². The molecule has 1 heterocycles. The van der Waals surface area contributed by atoms with Crippen molar-refractivity contribution < 1.29 is 19.5 Å². The Kier molecular flexibility index (Phi) is 7.75. The zero-order chi connectivity index (χ0) is 22.2. The molecule has 6 heteroatoms. The lowest BCUT2D eigenvalue weighted by molar-refractivity contribution is -0.139. The highest BCUT2D eigenvalue weighted by molar-refractivity contribution is 6.00. The first-order valence-corrected chi connectivity index (χ1v) is 11.8. The summed E-state index contributed by atoms with van der Waals surface area (Å²) in [6.45, 7) is 0.246. The predicted molar refractivity (Wildman–Crippen MR) is 123 cm³/mol. The summed E-state index contributed by atoms with van der Waals surface area (Å²) in [6.07, 6.45) is 13.7. The van der Waals surface area contributed by atoms with E-state index in [-0.39, 0.29) is 6.61 Å². The zero-order valence-corrected chi connectivity index (χ0v) is 18.5. The standard InChI is InChI=1S/C26H32N2O4/c29-26(30)18-31-25-12-4-10-22-20(8-3-11-23(22)25)13-15-32-28-24(16-19-6-1-2-7-19)21-9-5-14-27-17-21/h4-5,9-10,12,14,17,19-20H,1-3,6-8,11,13,15-16,18H2,(H,29,30). The van der Waals surface area contributed by atoms with Crippen LogP contribution in [0.15, 0.2) is 47.9 Å². The average molecular weight is 437 g/mol. The molecule has 4 rings (SSSR count). The highest BCUT2D eigenvalue weighted by atomic mass is 16.6. The molecular weight excluding hydrogens is 404 g/mol. The van der Waals surface area contributed by atoms with Crippen LogP contribution in [0.4, 0.5) is 0 Å². The number of pyridine rings is 1. The molecule has 0 spiro atoms. The van der Waals surface area contributed by atoms with Crippen LogP contribution >= 0.6 is 0 Å². The lowest BCUT2D eigenvalue weighted by atomic mass is 9.81. The molecule has 0 bridgehead atoms. The molecule has 170 valence electrons. The second-order valence-corrected chi connectivity index (χ2v) is 8.85. The number of rotatable bonds is 10. The molecule has 1 fully saturated rings. The number of ether oxygens (including phenoxy) is 1. The van der Waals surface area contributed by atoms with Gasteiger partial charge in [0.25, 0.3) is 0 Å². The number of aromatic nitrogens is 1. The minimum absolute atomic E-state index is 0.308. The van der Waals surface area contributed by atoms with Crippen molar-refractivity contribution in [2.45, 2.75) is 63.7 Å². The minimum Gasteiger partial charge on any atom is -0.482 e. The van der Waals surface area contributed by atoms with Gasteiger partial charge in [0.05, 0.1) is 5.71 Å². The van der Waals surface area contributed by atoms with Gasteiger partial charge >= 0.3 is 5.97 Å². The van der Waals surface area contributed by atoms with Gasteiger partial charge in [0, 0.05) is 18.0 Å². The molecule has 0 amide bonds. The second-order valence-electron chi connectivity index (χ2n) is 8.85. The highest BCUT2D eigenvalue weighted by Gasteiger charge is 2.23. The summed E-state index contributed by atoms with van der Waals surface area (Å²) in [7, 11) is 0. The Morgan fingerprint density at radius 2 is 2.00 bits per heavy atom. The van der Waals surface area contributed by atoms with E-state index in [4.69, 9.17) is 14.7 Å². The number of aliphatic carboxylic acids is 1. The quantitative estimate of drug-likeness (QED) is 0.308. The second kappa shape index (κ2) is 11.1. The van der Waals surface area contributed by atoms with E-state index in [9.17, 15) is 4.79 Å². The summed E-state index contributed by atoms with van der Waals surface area (Å²) in [5.74, 6) is 0.804. The van der Waals surface area contributed by atoms with E-state index in [0.717, 1.165) is 48.9 Å². The van der Waals surface area contributed by atoms with Crippen LogP contribution in [0.2, 0.25) is 0 Å². The molecule has 32 heavy (non-hydrogen) atoms. The molecule has 1 N–H and O–H groups in total. The van der Waals surface area contributed by atoms with E-state index in [1.807, 2.05) is 24.4 Å². The van der Waals surface area contributed by atoms with Gasteiger partial charge in [-0.1, -0.05) is 43.0 Å². The van der Waals surface area contributed by atoms with E-state index >= 15 is 0 Å². The molecule has 1 aromatic heterocycles. The zero-order valence-electron chi connectivity index (χ0n) is 18.5. The van der Waals surface area contributed by atoms with E-state index in [2.05, 4.69) is 22.3 Å². The first-order valence-electron chi connectivity index (χ1n) is 11.8. The van der Waals surface area contributed by atoms with Crippen molar-refractivity contribution in [1.29, 1.82) is 0 Å². The van der Waals surface area contributed by atoms with Gasteiger partial charge in [-0.15, -0.1) is 0 Å². The van der Waals surface area contributed by atoms with E-state index in [1.165, 1.54) is 31.2 Å². The maximum atomic E-state index is 10.9. The summed E-state index contributed by atoms with van der Waals surface area (Å²) in [5, 5.41) is 13.5. The number of hydrogen-bond donors (Lipinski definition) is 1. The number of carboxylic acids is 1. The Bertz CT molecular complexity index is 923. The fraction of sp³-hybridized carbons (Fsp3) is 0.500. The fourth-order valence-electron chi connectivity index (χ4n) is 5.04. The SMILES string of the molecule is O=C(O)COc1cccc2c1CCCC2CCON=C(CC1CCCC1)c1cccnc1. The first-order chi connectivity index (χ1) is 15.7. The maximum absolute atomic E-state index is 10.9. The van der Waals surface area contributed by atoms with Gasteiger partial charge in [0.15, 0.2) is 6.61 Å². The monoisotopic (exact) mass is 436 g/mol. The predicted octanol–water partition coefficient (Wildman–Crippen LogP) is 5.36. The summed E-state index contributed by atoms with van der Waals surface area (Å²) in [6, 6.07) is 9.96. The topological polar surface area (TPSA) is 81.0 Å². The number of hydrogen-bond acceptors (Lipinski definition) is 5. The molecule has 2 aliphatic carbocycles. The molecule has 0 saturated heterocycles. The van der Waals surface area contributed by atoms with Crippen molar-refractivity contribution in [3.63, 3.8) is 0 Å². The number of benzene rings is 1. The molecule has 2 aromatic rings. The van der Waals surface area contributed by atoms with Crippen LogP contribution in [0.1, 0.15) is 74.0 Å². The average Bonchev–Trinajstić information content (AvgIpc) is 3.33. The lowest BCUT2D eigenvalue weighted by Gasteiger charge is -2.26. The van der Waals surface area contributed by atoms with Crippen molar-refractivity contribution in [2.75, 3.05) is 13.2 Å². The Morgan fingerprint density at radius 1 is 1.12 bits per heavy atom. The van der Waals surface area contributed by atoms with Gasteiger partial charge in [-0.2, -0.15) is 0 Å². The van der Waals surface area contributed by atoms with E-state index in [1.54, 1.807) is 6.20 Å².